The zero-order valence-corrected chi connectivity index (χ0v) is 12.8. The molecule has 2 saturated heterocycles. The molecular weight excluding hydrogens is 280 g/mol. The lowest BCUT2D eigenvalue weighted by Crippen LogP contribution is -2.38. The number of rotatable bonds is 4. The smallest absolute Gasteiger partial charge is 0.260 e. The Labute approximate surface area is 130 Å². The van der Waals surface area contributed by atoms with E-state index in [4.69, 9.17) is 4.74 Å². The first kappa shape index (κ1) is 14.9. The number of likely N-dealkylation sites (tertiary alicyclic amines) is 1. The minimum atomic E-state index is 0.0542. The van der Waals surface area contributed by atoms with Crippen molar-refractivity contribution in [2.45, 2.75) is 32.1 Å². The van der Waals surface area contributed by atoms with E-state index in [0.717, 1.165) is 44.6 Å². The predicted octanol–water partition coefficient (Wildman–Crippen LogP) is 2.20. The molecule has 5 nitrogen and oxygen atoms in total. The van der Waals surface area contributed by atoms with Gasteiger partial charge in [0.2, 0.25) is 5.91 Å². The lowest BCUT2D eigenvalue weighted by molar-refractivity contribution is -0.134. The summed E-state index contributed by atoms with van der Waals surface area (Å²) in [4.78, 5) is 27.4. The van der Waals surface area contributed by atoms with Crippen molar-refractivity contribution in [3.05, 3.63) is 24.3 Å². The summed E-state index contributed by atoms with van der Waals surface area (Å²) in [5.74, 6) is 0.896. The standard InChI is InChI=1S/C17H22N2O3/c20-16-5-4-12-19(16)14-6-8-15(9-7-14)22-13-17(21)18-10-2-1-3-11-18/h6-9H,1-5,10-13H2. The molecule has 0 aliphatic carbocycles. The van der Waals surface area contributed by atoms with Crippen LogP contribution in [-0.4, -0.2) is 43.0 Å². The molecule has 0 atom stereocenters. The molecule has 0 radical (unpaired) electrons. The summed E-state index contributed by atoms with van der Waals surface area (Å²) in [6.07, 6.45) is 4.93. The number of nitrogens with zero attached hydrogens (tertiary/aromatic N) is 2. The zero-order chi connectivity index (χ0) is 15.4. The highest BCUT2D eigenvalue weighted by molar-refractivity contribution is 5.95. The number of piperidine rings is 1. The van der Waals surface area contributed by atoms with E-state index in [0.29, 0.717) is 12.2 Å². The lowest BCUT2D eigenvalue weighted by atomic mass is 10.1. The van der Waals surface area contributed by atoms with Gasteiger partial charge < -0.3 is 14.5 Å². The molecule has 0 saturated carbocycles. The summed E-state index contributed by atoms with van der Waals surface area (Å²) in [6.45, 7) is 2.56. The fourth-order valence-corrected chi connectivity index (χ4v) is 3.02. The number of ether oxygens (including phenoxy) is 1. The third-order valence-corrected chi connectivity index (χ3v) is 4.29. The summed E-state index contributed by atoms with van der Waals surface area (Å²) in [5, 5.41) is 0. The molecule has 2 aliphatic heterocycles. The highest BCUT2D eigenvalue weighted by Gasteiger charge is 2.21. The largest absolute Gasteiger partial charge is 0.484 e. The molecule has 0 N–H and O–H groups in total. The highest BCUT2D eigenvalue weighted by atomic mass is 16.5. The van der Waals surface area contributed by atoms with Crippen molar-refractivity contribution in [2.24, 2.45) is 0 Å². The molecule has 0 bridgehead atoms. The molecule has 0 aromatic heterocycles. The number of anilines is 1. The monoisotopic (exact) mass is 302 g/mol. The summed E-state index contributed by atoms with van der Waals surface area (Å²) in [7, 11) is 0. The van der Waals surface area contributed by atoms with Crippen LogP contribution in [0, 0.1) is 0 Å². The molecule has 2 fully saturated rings. The minimum Gasteiger partial charge on any atom is -0.484 e. The summed E-state index contributed by atoms with van der Waals surface area (Å²) >= 11 is 0. The van der Waals surface area contributed by atoms with E-state index in [1.165, 1.54) is 6.42 Å². The van der Waals surface area contributed by atoms with E-state index in [-0.39, 0.29) is 18.4 Å². The van der Waals surface area contributed by atoms with Crippen LogP contribution in [0.25, 0.3) is 0 Å². The average Bonchev–Trinajstić information content (AvgIpc) is 3.00. The average molecular weight is 302 g/mol. The van der Waals surface area contributed by atoms with Crippen LogP contribution in [0.4, 0.5) is 5.69 Å². The highest BCUT2D eigenvalue weighted by Crippen LogP contribution is 2.24. The van der Waals surface area contributed by atoms with Crippen LogP contribution < -0.4 is 9.64 Å². The Morgan fingerprint density at radius 1 is 1.00 bits per heavy atom. The van der Waals surface area contributed by atoms with Crippen LogP contribution in [0.5, 0.6) is 5.75 Å². The maximum atomic E-state index is 12.0. The molecule has 3 rings (SSSR count). The van der Waals surface area contributed by atoms with Gasteiger partial charge in [-0.3, -0.25) is 9.59 Å². The Balaban J connectivity index is 1.52. The minimum absolute atomic E-state index is 0.0542. The molecule has 2 heterocycles. The summed E-state index contributed by atoms with van der Waals surface area (Å²) in [5.41, 5.74) is 0.900. The van der Waals surface area contributed by atoms with Crippen molar-refractivity contribution in [1.29, 1.82) is 0 Å². The quantitative estimate of drug-likeness (QED) is 0.857. The summed E-state index contributed by atoms with van der Waals surface area (Å²) in [6, 6.07) is 7.41. The Bertz CT molecular complexity index is 535. The topological polar surface area (TPSA) is 49.9 Å². The van der Waals surface area contributed by atoms with Crippen LogP contribution in [-0.2, 0) is 9.59 Å². The number of hydrogen-bond donors (Lipinski definition) is 0. The Kier molecular flexibility index (Phi) is 4.61. The van der Waals surface area contributed by atoms with Gasteiger partial charge in [0.15, 0.2) is 6.61 Å². The van der Waals surface area contributed by atoms with Crippen molar-refractivity contribution in [2.75, 3.05) is 31.1 Å². The fourth-order valence-electron chi connectivity index (χ4n) is 3.02. The SMILES string of the molecule is O=C(COc1ccc(N2CCCC2=O)cc1)N1CCCCC1. The number of carbonyl (C=O) groups is 2. The normalized spacial score (nSPS) is 18.6. The van der Waals surface area contributed by atoms with E-state index in [1.807, 2.05) is 29.2 Å². The van der Waals surface area contributed by atoms with E-state index >= 15 is 0 Å². The van der Waals surface area contributed by atoms with Gasteiger partial charge in [0.25, 0.3) is 5.91 Å². The van der Waals surface area contributed by atoms with Gasteiger partial charge in [0, 0.05) is 31.7 Å². The third-order valence-electron chi connectivity index (χ3n) is 4.29. The molecule has 2 aliphatic rings. The van der Waals surface area contributed by atoms with Crippen LogP contribution in [0.3, 0.4) is 0 Å². The van der Waals surface area contributed by atoms with Crippen LogP contribution >= 0.6 is 0 Å². The Morgan fingerprint density at radius 3 is 2.36 bits per heavy atom. The van der Waals surface area contributed by atoms with Gasteiger partial charge in [-0.15, -0.1) is 0 Å². The molecule has 1 aromatic rings. The van der Waals surface area contributed by atoms with Crippen molar-refractivity contribution < 1.29 is 14.3 Å². The second kappa shape index (κ2) is 6.81. The first-order valence-electron chi connectivity index (χ1n) is 8.05. The van der Waals surface area contributed by atoms with Gasteiger partial charge in [-0.1, -0.05) is 0 Å². The van der Waals surface area contributed by atoms with Gasteiger partial charge in [0.1, 0.15) is 5.75 Å². The van der Waals surface area contributed by atoms with Crippen molar-refractivity contribution in [3.8, 4) is 5.75 Å². The molecule has 0 unspecified atom stereocenters. The fraction of sp³-hybridized carbons (Fsp3) is 0.529. The van der Waals surface area contributed by atoms with Gasteiger partial charge in [-0.25, -0.2) is 0 Å². The van der Waals surface area contributed by atoms with E-state index < -0.39 is 0 Å². The lowest BCUT2D eigenvalue weighted by Gasteiger charge is -2.26. The molecule has 2 amide bonds. The maximum absolute atomic E-state index is 12.0. The van der Waals surface area contributed by atoms with Crippen molar-refractivity contribution >= 4 is 17.5 Å². The first-order chi connectivity index (χ1) is 10.7. The van der Waals surface area contributed by atoms with Gasteiger partial charge in [-0.2, -0.15) is 0 Å². The van der Waals surface area contributed by atoms with E-state index in [1.54, 1.807) is 4.90 Å². The van der Waals surface area contributed by atoms with Crippen LogP contribution in [0.15, 0.2) is 24.3 Å². The van der Waals surface area contributed by atoms with Crippen LogP contribution in [0.1, 0.15) is 32.1 Å². The molecule has 118 valence electrons. The second-order valence-corrected chi connectivity index (χ2v) is 5.87. The van der Waals surface area contributed by atoms with E-state index in [2.05, 4.69) is 0 Å². The maximum Gasteiger partial charge on any atom is 0.260 e. The number of carbonyl (C=O) groups excluding carboxylic acids is 2. The van der Waals surface area contributed by atoms with Crippen molar-refractivity contribution in [1.82, 2.24) is 4.90 Å². The molecule has 5 heteroatoms. The molecule has 22 heavy (non-hydrogen) atoms. The Hall–Kier alpha value is -2.04. The van der Waals surface area contributed by atoms with Gasteiger partial charge in [-0.05, 0) is 49.9 Å². The number of benzene rings is 1. The summed E-state index contributed by atoms with van der Waals surface area (Å²) < 4.78 is 5.57. The molecule has 0 spiro atoms. The number of amides is 2. The molecular formula is C17H22N2O3. The first-order valence-corrected chi connectivity index (χ1v) is 8.05. The molecule has 1 aromatic carbocycles. The van der Waals surface area contributed by atoms with Crippen LogP contribution in [0.2, 0.25) is 0 Å². The third kappa shape index (κ3) is 3.40. The second-order valence-electron chi connectivity index (χ2n) is 5.87. The van der Waals surface area contributed by atoms with Gasteiger partial charge >= 0.3 is 0 Å². The van der Waals surface area contributed by atoms with Crippen molar-refractivity contribution in [3.63, 3.8) is 0 Å². The number of hydrogen-bond acceptors (Lipinski definition) is 3. The van der Waals surface area contributed by atoms with Gasteiger partial charge in [0.05, 0.1) is 0 Å². The zero-order valence-electron chi connectivity index (χ0n) is 12.8. The predicted molar refractivity (Wildman–Crippen MR) is 84.0 cm³/mol. The Morgan fingerprint density at radius 2 is 1.73 bits per heavy atom. The van der Waals surface area contributed by atoms with E-state index in [9.17, 15) is 9.59 Å².